The third-order valence-electron chi connectivity index (χ3n) is 4.59. The van der Waals surface area contributed by atoms with Crippen LogP contribution in [0, 0.1) is 0 Å². The molecule has 0 aliphatic rings. The van der Waals surface area contributed by atoms with Gasteiger partial charge in [0.15, 0.2) is 0 Å². The van der Waals surface area contributed by atoms with Gasteiger partial charge in [-0.25, -0.2) is 0 Å². The minimum absolute atomic E-state index is 0.0796. The maximum absolute atomic E-state index is 13.0. The molecular weight excluding hydrogens is 420 g/mol. The Morgan fingerprint density at radius 1 is 1.17 bits per heavy atom. The Bertz CT molecular complexity index is 847. The van der Waals surface area contributed by atoms with Crippen molar-refractivity contribution in [1.29, 1.82) is 0 Å². The van der Waals surface area contributed by atoms with Crippen LogP contribution in [0.5, 0.6) is 5.75 Å². The third kappa shape index (κ3) is 7.58. The first-order valence-corrected chi connectivity index (χ1v) is 11.5. The van der Waals surface area contributed by atoms with Gasteiger partial charge < -0.3 is 15.0 Å². The van der Waals surface area contributed by atoms with Crippen molar-refractivity contribution in [1.82, 2.24) is 10.2 Å². The molecule has 0 fully saturated rings. The first-order valence-electron chi connectivity index (χ1n) is 9.97. The molecule has 162 valence electrons. The highest BCUT2D eigenvalue weighted by Crippen LogP contribution is 2.20. The Morgan fingerprint density at radius 3 is 2.60 bits per heavy atom. The number of methoxy groups -OCH3 is 1. The van der Waals surface area contributed by atoms with E-state index in [0.29, 0.717) is 23.9 Å². The normalized spacial score (nSPS) is 11.6. The highest BCUT2D eigenvalue weighted by atomic mass is 35.5. The van der Waals surface area contributed by atoms with Gasteiger partial charge in [-0.2, -0.15) is 0 Å². The minimum atomic E-state index is -0.568. The Hall–Kier alpha value is -2.18. The molecule has 1 atom stereocenters. The second-order valence-corrected chi connectivity index (χ2v) is 8.38. The van der Waals surface area contributed by atoms with Crippen molar-refractivity contribution < 1.29 is 14.3 Å². The van der Waals surface area contributed by atoms with E-state index in [4.69, 9.17) is 16.3 Å². The Kier molecular flexibility index (Phi) is 10.0. The molecular formula is C23H29ClN2O3S. The highest BCUT2D eigenvalue weighted by Gasteiger charge is 2.25. The zero-order valence-electron chi connectivity index (χ0n) is 17.7. The van der Waals surface area contributed by atoms with Gasteiger partial charge in [0.25, 0.3) is 0 Å². The second-order valence-electron chi connectivity index (χ2n) is 6.96. The molecule has 0 saturated carbocycles. The SMILES string of the molecule is CCCNC(=O)[C@H](C)N(Cc1cccc(OC)c1)C(=O)CSCc1cccc(Cl)c1. The zero-order chi connectivity index (χ0) is 21.9. The van der Waals surface area contributed by atoms with Gasteiger partial charge in [0.1, 0.15) is 11.8 Å². The van der Waals surface area contributed by atoms with Gasteiger partial charge in [-0.1, -0.05) is 42.8 Å². The summed E-state index contributed by atoms with van der Waals surface area (Å²) in [5.74, 6) is 1.45. The number of halogens is 1. The second kappa shape index (κ2) is 12.5. The summed E-state index contributed by atoms with van der Waals surface area (Å²) in [4.78, 5) is 27.2. The standard InChI is InChI=1S/C23H29ClN2O3S/c1-4-11-25-23(28)17(2)26(14-18-7-6-10-21(13-18)29-3)22(27)16-30-15-19-8-5-9-20(24)12-19/h5-10,12-13,17H,4,11,14-16H2,1-3H3,(H,25,28)/t17-/m0/s1. The van der Waals surface area contributed by atoms with Crippen molar-refractivity contribution in [2.75, 3.05) is 19.4 Å². The fourth-order valence-electron chi connectivity index (χ4n) is 2.91. The molecule has 0 unspecified atom stereocenters. The molecule has 0 aliphatic carbocycles. The number of ether oxygens (including phenoxy) is 1. The van der Waals surface area contributed by atoms with Crippen LogP contribution in [0.1, 0.15) is 31.4 Å². The lowest BCUT2D eigenvalue weighted by atomic mass is 10.1. The van der Waals surface area contributed by atoms with Crippen LogP contribution in [-0.2, 0) is 21.9 Å². The van der Waals surface area contributed by atoms with Gasteiger partial charge in [0.2, 0.25) is 11.8 Å². The summed E-state index contributed by atoms with van der Waals surface area (Å²) in [6.45, 7) is 4.70. The number of benzene rings is 2. The molecule has 0 spiro atoms. The maximum Gasteiger partial charge on any atom is 0.242 e. The number of amides is 2. The molecule has 0 aliphatic heterocycles. The third-order valence-corrected chi connectivity index (χ3v) is 5.81. The van der Waals surface area contributed by atoms with Gasteiger partial charge in [0, 0.05) is 23.9 Å². The van der Waals surface area contributed by atoms with E-state index in [1.165, 1.54) is 11.8 Å². The summed E-state index contributed by atoms with van der Waals surface area (Å²) in [5, 5.41) is 3.57. The van der Waals surface area contributed by atoms with Crippen LogP contribution in [-0.4, -0.2) is 42.2 Å². The molecule has 0 saturated heterocycles. The Labute approximate surface area is 188 Å². The number of nitrogens with zero attached hydrogens (tertiary/aromatic N) is 1. The first kappa shape index (κ1) is 24.1. The van der Waals surface area contributed by atoms with Crippen LogP contribution >= 0.6 is 23.4 Å². The molecule has 2 rings (SSSR count). The summed E-state index contributed by atoms with van der Waals surface area (Å²) in [6, 6.07) is 14.6. The minimum Gasteiger partial charge on any atom is -0.497 e. The fraction of sp³-hybridized carbons (Fsp3) is 0.391. The lowest BCUT2D eigenvalue weighted by Gasteiger charge is -2.29. The molecule has 2 amide bonds. The van der Waals surface area contributed by atoms with Gasteiger partial charge in [-0.3, -0.25) is 9.59 Å². The number of rotatable bonds is 11. The lowest BCUT2D eigenvalue weighted by molar-refractivity contribution is -0.138. The Morgan fingerprint density at radius 2 is 1.90 bits per heavy atom. The number of carbonyl (C=O) groups is 2. The van der Waals surface area contributed by atoms with Crippen molar-refractivity contribution >= 4 is 35.2 Å². The van der Waals surface area contributed by atoms with Crippen LogP contribution < -0.4 is 10.1 Å². The summed E-state index contributed by atoms with van der Waals surface area (Å²) in [5.41, 5.74) is 1.98. The summed E-state index contributed by atoms with van der Waals surface area (Å²) in [6.07, 6.45) is 0.845. The summed E-state index contributed by atoms with van der Waals surface area (Å²) in [7, 11) is 1.61. The van der Waals surface area contributed by atoms with E-state index >= 15 is 0 Å². The van der Waals surface area contributed by atoms with Crippen LogP contribution in [0.2, 0.25) is 5.02 Å². The number of nitrogens with one attached hydrogen (secondary N) is 1. The number of thioether (sulfide) groups is 1. The molecule has 5 nitrogen and oxygen atoms in total. The Balaban J connectivity index is 2.08. The molecule has 1 N–H and O–H groups in total. The van der Waals surface area contributed by atoms with E-state index in [1.54, 1.807) is 18.9 Å². The van der Waals surface area contributed by atoms with Gasteiger partial charge in [-0.05, 0) is 48.7 Å². The van der Waals surface area contributed by atoms with Crippen molar-refractivity contribution in [2.45, 2.75) is 38.6 Å². The van der Waals surface area contributed by atoms with Crippen molar-refractivity contribution in [2.24, 2.45) is 0 Å². The van der Waals surface area contributed by atoms with Crippen molar-refractivity contribution in [3.05, 3.63) is 64.7 Å². The van der Waals surface area contributed by atoms with E-state index in [9.17, 15) is 9.59 Å². The molecule has 0 radical (unpaired) electrons. The quantitative estimate of drug-likeness (QED) is 0.548. The first-order chi connectivity index (χ1) is 14.4. The van der Waals surface area contributed by atoms with E-state index in [0.717, 1.165) is 23.3 Å². The molecule has 0 heterocycles. The monoisotopic (exact) mass is 448 g/mol. The van der Waals surface area contributed by atoms with Crippen molar-refractivity contribution in [3.63, 3.8) is 0 Å². The number of carbonyl (C=O) groups excluding carboxylic acids is 2. The average molecular weight is 449 g/mol. The van der Waals surface area contributed by atoms with Crippen LogP contribution in [0.15, 0.2) is 48.5 Å². The van der Waals surface area contributed by atoms with E-state index in [2.05, 4.69) is 5.32 Å². The molecule has 30 heavy (non-hydrogen) atoms. The summed E-state index contributed by atoms with van der Waals surface area (Å²) >= 11 is 7.54. The summed E-state index contributed by atoms with van der Waals surface area (Å²) < 4.78 is 5.28. The molecule has 2 aromatic rings. The van der Waals surface area contributed by atoms with Gasteiger partial charge >= 0.3 is 0 Å². The molecule has 2 aromatic carbocycles. The van der Waals surface area contributed by atoms with Crippen LogP contribution in [0.25, 0.3) is 0 Å². The maximum atomic E-state index is 13.0. The zero-order valence-corrected chi connectivity index (χ0v) is 19.3. The molecule has 0 aromatic heterocycles. The fourth-order valence-corrected chi connectivity index (χ4v) is 3.98. The highest BCUT2D eigenvalue weighted by molar-refractivity contribution is 7.99. The predicted molar refractivity (Wildman–Crippen MR) is 124 cm³/mol. The smallest absolute Gasteiger partial charge is 0.242 e. The van der Waals surface area contributed by atoms with Crippen molar-refractivity contribution in [3.8, 4) is 5.75 Å². The van der Waals surface area contributed by atoms with Crippen LogP contribution in [0.3, 0.4) is 0 Å². The number of hydrogen-bond donors (Lipinski definition) is 1. The molecule has 7 heteroatoms. The van der Waals surface area contributed by atoms with E-state index in [-0.39, 0.29) is 17.6 Å². The number of hydrogen-bond acceptors (Lipinski definition) is 4. The van der Waals surface area contributed by atoms with Crippen LogP contribution in [0.4, 0.5) is 0 Å². The molecule has 0 bridgehead atoms. The average Bonchev–Trinajstić information content (AvgIpc) is 2.75. The lowest BCUT2D eigenvalue weighted by Crippen LogP contribution is -2.48. The predicted octanol–water partition coefficient (Wildman–Crippen LogP) is 4.53. The van der Waals surface area contributed by atoms with Gasteiger partial charge in [0.05, 0.1) is 12.9 Å². The largest absolute Gasteiger partial charge is 0.497 e. The van der Waals surface area contributed by atoms with Gasteiger partial charge in [-0.15, -0.1) is 11.8 Å². The van der Waals surface area contributed by atoms with E-state index < -0.39 is 6.04 Å². The van der Waals surface area contributed by atoms with E-state index in [1.807, 2.05) is 55.5 Å². The topological polar surface area (TPSA) is 58.6 Å².